The van der Waals surface area contributed by atoms with Gasteiger partial charge in [0.05, 0.1) is 0 Å². The van der Waals surface area contributed by atoms with Gasteiger partial charge in [-0.2, -0.15) is 0 Å². The van der Waals surface area contributed by atoms with Gasteiger partial charge >= 0.3 is 0 Å². The average molecular weight is 435 g/mol. The summed E-state index contributed by atoms with van der Waals surface area (Å²) in [4.78, 5) is 12.1. The van der Waals surface area contributed by atoms with Gasteiger partial charge in [0.2, 0.25) is 0 Å². The molecule has 0 bridgehead atoms. The second-order valence-corrected chi connectivity index (χ2v) is 6.41. The molecular weight excluding hydrogens is 426 g/mol. The highest BCUT2D eigenvalue weighted by molar-refractivity contribution is 14.1. The minimum Gasteiger partial charge on any atom is -0.294 e. The van der Waals surface area contributed by atoms with Gasteiger partial charge < -0.3 is 0 Å². The Hall–Kier alpha value is -0.390. The van der Waals surface area contributed by atoms with Crippen LogP contribution in [0.1, 0.15) is 15.9 Å². The summed E-state index contributed by atoms with van der Waals surface area (Å²) in [5.41, 5.74) is 1.57. The molecule has 92 valence electrons. The van der Waals surface area contributed by atoms with E-state index in [1.54, 1.807) is 6.07 Å². The van der Waals surface area contributed by atoms with Crippen LogP contribution in [-0.4, -0.2) is 5.78 Å². The zero-order chi connectivity index (χ0) is 13.1. The minimum atomic E-state index is 0.0812. The lowest BCUT2D eigenvalue weighted by Crippen LogP contribution is -2.04. The minimum absolute atomic E-state index is 0.0812. The van der Waals surface area contributed by atoms with Gasteiger partial charge in [0.25, 0.3) is 0 Å². The molecule has 2 aromatic rings. The van der Waals surface area contributed by atoms with Crippen LogP contribution in [0.4, 0.5) is 0 Å². The van der Waals surface area contributed by atoms with Gasteiger partial charge in [0.15, 0.2) is 5.78 Å². The van der Waals surface area contributed by atoms with E-state index in [9.17, 15) is 4.79 Å². The molecule has 0 radical (unpaired) electrons. The SMILES string of the molecule is O=C(Cc1ccc(Br)cc1Cl)c1cccc(I)c1. The third-order valence-corrected chi connectivity index (χ3v) is 4.03. The molecule has 0 unspecified atom stereocenters. The molecular formula is C14H9BrClIO. The monoisotopic (exact) mass is 434 g/mol. The summed E-state index contributed by atoms with van der Waals surface area (Å²) >= 11 is 11.7. The first-order chi connectivity index (χ1) is 8.56. The number of halogens is 3. The van der Waals surface area contributed by atoms with E-state index in [4.69, 9.17) is 11.6 Å². The maximum Gasteiger partial charge on any atom is 0.167 e. The number of Topliss-reactive ketones (excluding diaryl/α,β-unsaturated/α-hetero) is 1. The Balaban J connectivity index is 2.21. The fourth-order valence-corrected chi connectivity index (χ4v) is 2.89. The molecule has 2 rings (SSSR count). The van der Waals surface area contributed by atoms with Crippen molar-refractivity contribution in [3.63, 3.8) is 0 Å². The predicted molar refractivity (Wildman–Crippen MR) is 86.3 cm³/mol. The van der Waals surface area contributed by atoms with Gasteiger partial charge in [-0.1, -0.05) is 45.7 Å². The Labute approximate surface area is 133 Å². The van der Waals surface area contributed by atoms with Gasteiger partial charge in [-0.3, -0.25) is 4.79 Å². The van der Waals surface area contributed by atoms with E-state index >= 15 is 0 Å². The summed E-state index contributed by atoms with van der Waals surface area (Å²) in [5, 5.41) is 0.614. The Morgan fingerprint density at radius 3 is 2.67 bits per heavy atom. The molecule has 0 aliphatic heterocycles. The van der Waals surface area contributed by atoms with Crippen LogP contribution >= 0.6 is 50.1 Å². The van der Waals surface area contributed by atoms with Gasteiger partial charge in [0, 0.05) is 25.0 Å². The summed E-state index contributed by atoms with van der Waals surface area (Å²) in [6, 6.07) is 13.1. The standard InChI is InChI=1S/C14H9BrClIO/c15-11-5-4-9(13(16)8-11)7-14(18)10-2-1-3-12(17)6-10/h1-6,8H,7H2. The molecule has 0 spiro atoms. The summed E-state index contributed by atoms with van der Waals surface area (Å²) < 4.78 is 1.97. The van der Waals surface area contributed by atoms with Crippen LogP contribution in [0.2, 0.25) is 5.02 Å². The smallest absolute Gasteiger partial charge is 0.167 e. The Kier molecular flexibility index (Phi) is 4.81. The third-order valence-electron chi connectivity index (χ3n) is 2.51. The molecule has 0 heterocycles. The van der Waals surface area contributed by atoms with E-state index < -0.39 is 0 Å². The molecule has 0 N–H and O–H groups in total. The van der Waals surface area contributed by atoms with Crippen molar-refractivity contribution in [2.24, 2.45) is 0 Å². The fourth-order valence-electron chi connectivity index (χ4n) is 1.60. The van der Waals surface area contributed by atoms with Crippen LogP contribution in [-0.2, 0) is 6.42 Å². The van der Waals surface area contributed by atoms with Crippen molar-refractivity contribution in [3.8, 4) is 0 Å². The van der Waals surface area contributed by atoms with Crippen molar-refractivity contribution in [3.05, 3.63) is 66.7 Å². The van der Waals surface area contributed by atoms with E-state index in [-0.39, 0.29) is 5.78 Å². The summed E-state index contributed by atoms with van der Waals surface area (Å²) in [6.07, 6.45) is 0.326. The lowest BCUT2D eigenvalue weighted by atomic mass is 10.0. The van der Waals surface area contributed by atoms with Crippen molar-refractivity contribution in [1.29, 1.82) is 0 Å². The zero-order valence-electron chi connectivity index (χ0n) is 9.29. The van der Waals surface area contributed by atoms with E-state index in [2.05, 4.69) is 38.5 Å². The first kappa shape index (κ1) is 14.0. The normalized spacial score (nSPS) is 10.4. The maximum absolute atomic E-state index is 12.1. The quantitative estimate of drug-likeness (QED) is 0.482. The summed E-state index contributed by atoms with van der Waals surface area (Å²) in [7, 11) is 0. The summed E-state index contributed by atoms with van der Waals surface area (Å²) in [6.45, 7) is 0. The highest BCUT2D eigenvalue weighted by atomic mass is 127. The molecule has 0 aliphatic carbocycles. The second kappa shape index (κ2) is 6.17. The number of rotatable bonds is 3. The predicted octanol–water partition coefficient (Wildman–Crippen LogP) is 5.13. The Bertz CT molecular complexity index is 598. The van der Waals surface area contributed by atoms with Gasteiger partial charge in [-0.05, 0) is 52.4 Å². The number of benzene rings is 2. The lowest BCUT2D eigenvalue weighted by Gasteiger charge is -2.05. The summed E-state index contributed by atoms with van der Waals surface area (Å²) in [5.74, 6) is 0.0812. The number of hydrogen-bond acceptors (Lipinski definition) is 1. The van der Waals surface area contributed by atoms with Gasteiger partial charge in [0.1, 0.15) is 0 Å². The Morgan fingerprint density at radius 1 is 1.22 bits per heavy atom. The maximum atomic E-state index is 12.1. The number of hydrogen-bond donors (Lipinski definition) is 0. The van der Waals surface area contributed by atoms with Crippen LogP contribution < -0.4 is 0 Å². The van der Waals surface area contributed by atoms with Crippen LogP contribution in [0.3, 0.4) is 0 Å². The van der Waals surface area contributed by atoms with Crippen molar-refractivity contribution in [2.45, 2.75) is 6.42 Å². The number of carbonyl (C=O) groups excluding carboxylic acids is 1. The lowest BCUT2D eigenvalue weighted by molar-refractivity contribution is 0.0993. The van der Waals surface area contributed by atoms with Crippen LogP contribution in [0.5, 0.6) is 0 Å². The topological polar surface area (TPSA) is 17.1 Å². The van der Waals surface area contributed by atoms with Gasteiger partial charge in [-0.25, -0.2) is 0 Å². The first-order valence-corrected chi connectivity index (χ1v) is 7.54. The molecule has 0 saturated heterocycles. The van der Waals surface area contributed by atoms with Crippen LogP contribution in [0, 0.1) is 3.57 Å². The highest BCUT2D eigenvalue weighted by Gasteiger charge is 2.10. The molecule has 4 heteroatoms. The molecule has 1 nitrogen and oxygen atoms in total. The third kappa shape index (κ3) is 3.56. The van der Waals surface area contributed by atoms with Crippen molar-refractivity contribution in [2.75, 3.05) is 0 Å². The van der Waals surface area contributed by atoms with Crippen LogP contribution in [0.15, 0.2) is 46.9 Å². The molecule has 0 saturated carbocycles. The molecule has 2 aromatic carbocycles. The van der Waals surface area contributed by atoms with Gasteiger partial charge in [-0.15, -0.1) is 0 Å². The first-order valence-electron chi connectivity index (χ1n) is 5.29. The fraction of sp³-hybridized carbons (Fsp3) is 0.0714. The molecule has 18 heavy (non-hydrogen) atoms. The molecule has 0 fully saturated rings. The zero-order valence-corrected chi connectivity index (χ0v) is 13.8. The van der Waals surface area contributed by atoms with Crippen LogP contribution in [0.25, 0.3) is 0 Å². The van der Waals surface area contributed by atoms with E-state index in [1.165, 1.54) is 0 Å². The van der Waals surface area contributed by atoms with E-state index in [0.717, 1.165) is 19.2 Å². The highest BCUT2D eigenvalue weighted by Crippen LogP contribution is 2.23. The Morgan fingerprint density at radius 2 is 2.00 bits per heavy atom. The molecule has 0 amide bonds. The second-order valence-electron chi connectivity index (χ2n) is 3.85. The molecule has 0 aromatic heterocycles. The number of carbonyl (C=O) groups is 1. The number of ketones is 1. The largest absolute Gasteiger partial charge is 0.294 e. The van der Waals surface area contributed by atoms with Crippen molar-refractivity contribution in [1.82, 2.24) is 0 Å². The average Bonchev–Trinajstić information content (AvgIpc) is 2.32. The van der Waals surface area contributed by atoms with Crippen molar-refractivity contribution < 1.29 is 4.79 Å². The van der Waals surface area contributed by atoms with E-state index in [1.807, 2.05) is 36.4 Å². The van der Waals surface area contributed by atoms with Crippen molar-refractivity contribution >= 4 is 55.9 Å². The van der Waals surface area contributed by atoms with E-state index in [0.29, 0.717) is 11.4 Å². The molecule has 0 aliphatic rings. The molecule has 0 atom stereocenters.